The number of rotatable bonds is 5. The van der Waals surface area contributed by atoms with E-state index in [4.69, 9.17) is 27.4 Å². The van der Waals surface area contributed by atoms with Crippen LogP contribution in [0.25, 0.3) is 0 Å². The van der Waals surface area contributed by atoms with E-state index in [1.807, 2.05) is 0 Å². The summed E-state index contributed by atoms with van der Waals surface area (Å²) in [5.74, 6) is 0.0518. The van der Waals surface area contributed by atoms with Gasteiger partial charge in [0.05, 0.1) is 5.02 Å². The van der Waals surface area contributed by atoms with Crippen molar-refractivity contribution in [2.24, 2.45) is 0 Å². The number of Topliss-reactive ketones (excluding diaryl/α,β-unsaturated/α-hetero) is 1. The molecule has 0 aliphatic heterocycles. The summed E-state index contributed by atoms with van der Waals surface area (Å²) in [5, 5.41) is 0.248. The number of hydrogen-bond donors (Lipinski definition) is 0. The SMILES string of the molecule is CCC(=O)c1ccc(OS(=O)(=O)c2cc(Cl)ccc2Cl)cc1. The van der Waals surface area contributed by atoms with Gasteiger partial charge in [0.1, 0.15) is 10.6 Å². The van der Waals surface area contributed by atoms with Gasteiger partial charge in [-0.25, -0.2) is 0 Å². The first-order chi connectivity index (χ1) is 10.3. The van der Waals surface area contributed by atoms with Crippen LogP contribution >= 0.6 is 23.2 Å². The maximum absolute atomic E-state index is 12.2. The summed E-state index contributed by atoms with van der Waals surface area (Å²) in [6.07, 6.45) is 0.372. The quantitative estimate of drug-likeness (QED) is 0.588. The van der Waals surface area contributed by atoms with Crippen LogP contribution in [0.15, 0.2) is 47.4 Å². The molecule has 0 fully saturated rings. The van der Waals surface area contributed by atoms with Gasteiger partial charge in [0.25, 0.3) is 0 Å². The molecule has 2 aromatic rings. The summed E-state index contributed by atoms with van der Waals surface area (Å²) in [6, 6.07) is 9.93. The van der Waals surface area contributed by atoms with E-state index in [0.717, 1.165) is 0 Å². The van der Waals surface area contributed by atoms with E-state index in [0.29, 0.717) is 12.0 Å². The van der Waals surface area contributed by atoms with Gasteiger partial charge in [-0.15, -0.1) is 0 Å². The molecule has 0 aliphatic rings. The minimum absolute atomic E-state index is 0.0159. The molecule has 0 bridgehead atoms. The zero-order chi connectivity index (χ0) is 16.3. The first-order valence-corrected chi connectivity index (χ1v) is 8.52. The average molecular weight is 359 g/mol. The first kappa shape index (κ1) is 16.8. The van der Waals surface area contributed by atoms with Gasteiger partial charge in [-0.05, 0) is 42.5 Å². The van der Waals surface area contributed by atoms with Gasteiger partial charge in [-0.3, -0.25) is 4.79 Å². The van der Waals surface area contributed by atoms with Gasteiger partial charge in [0, 0.05) is 17.0 Å². The number of hydrogen-bond acceptors (Lipinski definition) is 4. The third-order valence-electron chi connectivity index (χ3n) is 2.87. The van der Waals surface area contributed by atoms with Crippen LogP contribution in [0.1, 0.15) is 23.7 Å². The van der Waals surface area contributed by atoms with E-state index < -0.39 is 10.1 Å². The van der Waals surface area contributed by atoms with Crippen LogP contribution in [-0.2, 0) is 10.1 Å². The minimum Gasteiger partial charge on any atom is -0.379 e. The van der Waals surface area contributed by atoms with Crippen molar-refractivity contribution in [2.45, 2.75) is 18.2 Å². The fourth-order valence-corrected chi connectivity index (χ4v) is 3.41. The van der Waals surface area contributed by atoms with Crippen LogP contribution in [0.4, 0.5) is 0 Å². The van der Waals surface area contributed by atoms with E-state index in [1.165, 1.54) is 42.5 Å². The van der Waals surface area contributed by atoms with Crippen LogP contribution in [0, 0.1) is 0 Å². The van der Waals surface area contributed by atoms with E-state index in [2.05, 4.69) is 0 Å². The molecule has 0 N–H and O–H groups in total. The topological polar surface area (TPSA) is 60.4 Å². The molecule has 0 saturated heterocycles. The van der Waals surface area contributed by atoms with Gasteiger partial charge in [-0.2, -0.15) is 8.42 Å². The van der Waals surface area contributed by atoms with Gasteiger partial charge >= 0.3 is 10.1 Å². The third-order valence-corrected chi connectivity index (χ3v) is 4.83. The number of carbonyl (C=O) groups excluding carboxylic acids is 1. The molecule has 4 nitrogen and oxygen atoms in total. The monoisotopic (exact) mass is 358 g/mol. The zero-order valence-corrected chi connectivity index (χ0v) is 13.9. The molecule has 0 aliphatic carbocycles. The highest BCUT2D eigenvalue weighted by Gasteiger charge is 2.21. The fourth-order valence-electron chi connectivity index (χ4n) is 1.74. The number of halogens is 2. The van der Waals surface area contributed by atoms with Crippen molar-refractivity contribution in [3.05, 3.63) is 58.1 Å². The van der Waals surface area contributed by atoms with Gasteiger partial charge < -0.3 is 4.18 Å². The number of benzene rings is 2. The van der Waals surface area contributed by atoms with Crippen molar-refractivity contribution in [2.75, 3.05) is 0 Å². The molecule has 7 heteroatoms. The summed E-state index contributed by atoms with van der Waals surface area (Å²) in [6.45, 7) is 1.75. The molecule has 0 unspecified atom stereocenters. The summed E-state index contributed by atoms with van der Waals surface area (Å²) >= 11 is 11.7. The highest BCUT2D eigenvalue weighted by Crippen LogP contribution is 2.27. The first-order valence-electron chi connectivity index (χ1n) is 6.36. The molecule has 0 amide bonds. The Morgan fingerprint density at radius 2 is 1.73 bits per heavy atom. The molecular weight excluding hydrogens is 347 g/mol. The van der Waals surface area contributed by atoms with Crippen LogP contribution in [0.3, 0.4) is 0 Å². The molecule has 0 aromatic heterocycles. The Morgan fingerprint density at radius 1 is 1.09 bits per heavy atom. The molecule has 2 rings (SSSR count). The molecule has 0 heterocycles. The molecule has 2 aromatic carbocycles. The van der Waals surface area contributed by atoms with Crippen molar-refractivity contribution >= 4 is 39.1 Å². The summed E-state index contributed by atoms with van der Waals surface area (Å²) < 4.78 is 29.4. The van der Waals surface area contributed by atoms with Crippen molar-refractivity contribution in [1.29, 1.82) is 0 Å². The summed E-state index contributed by atoms with van der Waals surface area (Å²) in [5.41, 5.74) is 0.494. The van der Waals surface area contributed by atoms with Gasteiger partial charge in [-0.1, -0.05) is 30.1 Å². The predicted octanol–water partition coefficient (Wildman–Crippen LogP) is 4.35. The molecule has 0 radical (unpaired) electrons. The molecule has 116 valence electrons. The van der Waals surface area contributed by atoms with E-state index >= 15 is 0 Å². The molecule has 0 spiro atoms. The highest BCUT2D eigenvalue weighted by atomic mass is 35.5. The van der Waals surface area contributed by atoms with Gasteiger partial charge in [0.15, 0.2) is 5.78 Å². The average Bonchev–Trinajstić information content (AvgIpc) is 2.49. The van der Waals surface area contributed by atoms with E-state index in [9.17, 15) is 13.2 Å². The second-order valence-electron chi connectivity index (χ2n) is 4.41. The Labute approximate surface area is 138 Å². The Morgan fingerprint density at radius 3 is 2.32 bits per heavy atom. The van der Waals surface area contributed by atoms with Crippen LogP contribution < -0.4 is 4.18 Å². The standard InChI is InChI=1S/C15H12Cl2O4S/c1-2-14(18)10-3-6-12(7-4-10)21-22(19,20)15-9-11(16)5-8-13(15)17/h3-9H,2H2,1H3. The Kier molecular flexibility index (Phi) is 5.11. The molecular formula is C15H12Cl2O4S. The van der Waals surface area contributed by atoms with Crippen LogP contribution in [-0.4, -0.2) is 14.2 Å². The third kappa shape index (κ3) is 3.80. The molecule has 0 atom stereocenters. The molecule has 22 heavy (non-hydrogen) atoms. The second-order valence-corrected chi connectivity index (χ2v) is 6.77. The van der Waals surface area contributed by atoms with E-state index in [1.54, 1.807) is 6.92 Å². The summed E-state index contributed by atoms with van der Waals surface area (Å²) in [4.78, 5) is 11.3. The zero-order valence-electron chi connectivity index (χ0n) is 11.5. The number of carbonyl (C=O) groups is 1. The highest BCUT2D eigenvalue weighted by molar-refractivity contribution is 7.87. The lowest BCUT2D eigenvalue weighted by molar-refractivity contribution is 0.0988. The lowest BCUT2D eigenvalue weighted by Gasteiger charge is -2.09. The largest absolute Gasteiger partial charge is 0.379 e. The minimum atomic E-state index is -4.11. The van der Waals surface area contributed by atoms with Gasteiger partial charge in [0.2, 0.25) is 0 Å². The Hall–Kier alpha value is -1.56. The van der Waals surface area contributed by atoms with Crippen LogP contribution in [0.2, 0.25) is 10.0 Å². The van der Waals surface area contributed by atoms with E-state index in [-0.39, 0.29) is 26.5 Å². The Balaban J connectivity index is 2.29. The maximum Gasteiger partial charge on any atom is 0.340 e. The lowest BCUT2D eigenvalue weighted by atomic mass is 10.1. The van der Waals surface area contributed by atoms with Crippen molar-refractivity contribution < 1.29 is 17.4 Å². The second kappa shape index (κ2) is 6.69. The van der Waals surface area contributed by atoms with Crippen molar-refractivity contribution in [3.8, 4) is 5.75 Å². The number of ketones is 1. The van der Waals surface area contributed by atoms with Crippen molar-refractivity contribution in [1.82, 2.24) is 0 Å². The predicted molar refractivity (Wildman–Crippen MR) is 85.3 cm³/mol. The normalized spacial score (nSPS) is 11.2. The van der Waals surface area contributed by atoms with Crippen LogP contribution in [0.5, 0.6) is 5.75 Å². The lowest BCUT2D eigenvalue weighted by Crippen LogP contribution is -2.10. The van der Waals surface area contributed by atoms with Crippen molar-refractivity contribution in [3.63, 3.8) is 0 Å². The maximum atomic E-state index is 12.2. The molecule has 0 saturated carbocycles. The Bertz CT molecular complexity index is 799. The summed E-state index contributed by atoms with van der Waals surface area (Å²) in [7, 11) is -4.11. The fraction of sp³-hybridized carbons (Fsp3) is 0.133. The smallest absolute Gasteiger partial charge is 0.340 e.